The van der Waals surface area contributed by atoms with Gasteiger partial charge in [0.2, 0.25) is 0 Å². The first-order valence-electron chi connectivity index (χ1n) is 2.71. The Hall–Kier alpha value is -1.52. The third-order valence-corrected chi connectivity index (χ3v) is 1.05. The summed E-state index contributed by atoms with van der Waals surface area (Å²) < 4.78 is 1.14. The van der Waals surface area contributed by atoms with Gasteiger partial charge in [0.1, 0.15) is 0 Å². The molecule has 1 aromatic heterocycles. The topological polar surface area (TPSA) is 77.9 Å². The van der Waals surface area contributed by atoms with Gasteiger partial charge in [0.15, 0.2) is 5.49 Å². The van der Waals surface area contributed by atoms with Gasteiger partial charge in [-0.15, -0.1) is 0 Å². The lowest BCUT2D eigenvalue weighted by Gasteiger charge is -1.95. The van der Waals surface area contributed by atoms with Crippen molar-refractivity contribution in [2.45, 2.75) is 6.92 Å². The normalized spacial score (nSPS) is 9.30. The highest BCUT2D eigenvalue weighted by molar-refractivity contribution is 4.91. The van der Waals surface area contributed by atoms with Crippen LogP contribution in [0, 0.1) is 17.9 Å². The van der Waals surface area contributed by atoms with E-state index in [1.54, 1.807) is 6.92 Å². The van der Waals surface area contributed by atoms with Crippen LogP contribution in [0.5, 0.6) is 0 Å². The SMILES string of the molecule is Cc1cn(N=N)c(=N)cn1. The predicted octanol–water partition coefficient (Wildman–Crippen LogP) is 0.465. The van der Waals surface area contributed by atoms with Crippen LogP contribution in [0.2, 0.25) is 0 Å². The van der Waals surface area contributed by atoms with Gasteiger partial charge in [-0.1, -0.05) is 5.22 Å². The van der Waals surface area contributed by atoms with Gasteiger partial charge in [-0.2, -0.15) is 5.53 Å². The minimum atomic E-state index is 0.112. The van der Waals surface area contributed by atoms with Crippen LogP contribution < -0.4 is 5.49 Å². The molecule has 0 radical (unpaired) electrons. The zero-order chi connectivity index (χ0) is 7.56. The molecule has 0 spiro atoms. The van der Waals surface area contributed by atoms with Crippen molar-refractivity contribution < 1.29 is 0 Å². The smallest absolute Gasteiger partial charge is 0.166 e. The molecule has 1 heterocycles. The van der Waals surface area contributed by atoms with Crippen LogP contribution in [-0.4, -0.2) is 9.66 Å². The fourth-order valence-corrected chi connectivity index (χ4v) is 0.585. The lowest BCUT2D eigenvalue weighted by Crippen LogP contribution is -2.15. The fourth-order valence-electron chi connectivity index (χ4n) is 0.585. The molecular weight excluding hydrogens is 130 g/mol. The predicted molar refractivity (Wildman–Crippen MR) is 33.4 cm³/mol. The molecule has 0 aliphatic heterocycles. The molecule has 0 unspecified atom stereocenters. The summed E-state index contributed by atoms with van der Waals surface area (Å²) in [5.41, 5.74) is 7.48. The molecule has 0 bridgehead atoms. The number of hydrogen-bond acceptors (Lipinski definition) is 4. The molecule has 0 aromatic carbocycles. The van der Waals surface area contributed by atoms with E-state index in [0.717, 1.165) is 10.4 Å². The minimum absolute atomic E-state index is 0.112. The first-order valence-corrected chi connectivity index (χ1v) is 2.71. The molecule has 1 rings (SSSR count). The quantitative estimate of drug-likeness (QED) is 0.542. The second-order valence-electron chi connectivity index (χ2n) is 1.86. The molecule has 5 heteroatoms. The summed E-state index contributed by atoms with van der Waals surface area (Å²) in [5, 5.41) is 10.2. The second kappa shape index (κ2) is 2.38. The molecule has 0 aliphatic rings. The Morgan fingerprint density at radius 3 is 2.90 bits per heavy atom. The summed E-state index contributed by atoms with van der Waals surface area (Å²) in [7, 11) is 0. The molecule has 5 nitrogen and oxygen atoms in total. The average molecular weight is 137 g/mol. The van der Waals surface area contributed by atoms with Crippen molar-refractivity contribution in [3.8, 4) is 0 Å². The highest BCUT2D eigenvalue weighted by atomic mass is 15.4. The summed E-state index contributed by atoms with van der Waals surface area (Å²) >= 11 is 0. The Morgan fingerprint density at radius 1 is 1.70 bits per heavy atom. The highest BCUT2D eigenvalue weighted by Gasteiger charge is 1.88. The number of nitrogens with zero attached hydrogens (tertiary/aromatic N) is 3. The van der Waals surface area contributed by atoms with Crippen molar-refractivity contribution in [3.05, 3.63) is 23.6 Å². The molecule has 0 aliphatic carbocycles. The summed E-state index contributed by atoms with van der Waals surface area (Å²) in [6.45, 7) is 1.78. The maximum atomic E-state index is 7.15. The van der Waals surface area contributed by atoms with Crippen LogP contribution in [-0.2, 0) is 0 Å². The molecule has 0 amide bonds. The van der Waals surface area contributed by atoms with Crippen molar-refractivity contribution in [2.75, 3.05) is 0 Å². The third-order valence-electron chi connectivity index (χ3n) is 1.05. The maximum Gasteiger partial charge on any atom is 0.166 e. The standard InChI is InChI=1S/C5H7N5/c1-4-3-10(9-7)5(6)2-8-4/h2-3,6-7H,1H3. The van der Waals surface area contributed by atoms with Crippen LogP contribution in [0.15, 0.2) is 17.6 Å². The van der Waals surface area contributed by atoms with Crippen LogP contribution in [0.1, 0.15) is 5.69 Å². The van der Waals surface area contributed by atoms with Crippen molar-refractivity contribution in [1.82, 2.24) is 9.66 Å². The van der Waals surface area contributed by atoms with E-state index in [0.29, 0.717) is 0 Å². The summed E-state index contributed by atoms with van der Waals surface area (Å²) in [6.07, 6.45) is 2.88. The number of aryl methyl sites for hydroxylation is 1. The summed E-state index contributed by atoms with van der Waals surface area (Å²) in [5.74, 6) is 0. The van der Waals surface area contributed by atoms with E-state index < -0.39 is 0 Å². The van der Waals surface area contributed by atoms with Crippen molar-refractivity contribution in [2.24, 2.45) is 5.22 Å². The molecule has 52 valence electrons. The van der Waals surface area contributed by atoms with Gasteiger partial charge in [0.05, 0.1) is 18.1 Å². The zero-order valence-electron chi connectivity index (χ0n) is 5.50. The number of hydrogen-bond donors (Lipinski definition) is 2. The van der Waals surface area contributed by atoms with E-state index in [1.165, 1.54) is 12.4 Å². The molecule has 10 heavy (non-hydrogen) atoms. The molecule has 0 saturated carbocycles. The summed E-state index contributed by atoms with van der Waals surface area (Å²) in [4.78, 5) is 3.84. The van der Waals surface area contributed by atoms with Gasteiger partial charge in [-0.3, -0.25) is 10.4 Å². The van der Waals surface area contributed by atoms with E-state index in [-0.39, 0.29) is 5.49 Å². The monoisotopic (exact) mass is 137 g/mol. The van der Waals surface area contributed by atoms with E-state index in [9.17, 15) is 0 Å². The number of nitrogens with one attached hydrogen (secondary N) is 2. The van der Waals surface area contributed by atoms with Gasteiger partial charge >= 0.3 is 0 Å². The van der Waals surface area contributed by atoms with Crippen LogP contribution in [0.3, 0.4) is 0 Å². The number of aromatic nitrogens is 2. The molecule has 0 saturated heterocycles. The van der Waals surface area contributed by atoms with E-state index in [4.69, 9.17) is 10.9 Å². The average Bonchev–Trinajstić information content (AvgIpc) is 1.94. The van der Waals surface area contributed by atoms with Crippen LogP contribution >= 0.6 is 0 Å². The van der Waals surface area contributed by atoms with Crippen LogP contribution in [0.25, 0.3) is 0 Å². The van der Waals surface area contributed by atoms with Gasteiger partial charge in [-0.25, -0.2) is 4.68 Å². The van der Waals surface area contributed by atoms with Crippen LogP contribution in [0.4, 0.5) is 0 Å². The minimum Gasteiger partial charge on any atom is -0.281 e. The Morgan fingerprint density at radius 2 is 2.40 bits per heavy atom. The Kier molecular flexibility index (Phi) is 1.57. The molecule has 0 atom stereocenters. The lowest BCUT2D eigenvalue weighted by molar-refractivity contribution is 0.692. The zero-order valence-corrected chi connectivity index (χ0v) is 5.50. The number of rotatable bonds is 1. The molecule has 1 aromatic rings. The highest BCUT2D eigenvalue weighted by Crippen LogP contribution is 1.84. The molecule has 0 fully saturated rings. The van der Waals surface area contributed by atoms with E-state index in [1.807, 2.05) is 0 Å². The Balaban J connectivity index is 3.35. The van der Waals surface area contributed by atoms with E-state index >= 15 is 0 Å². The lowest BCUT2D eigenvalue weighted by atomic mass is 10.5. The van der Waals surface area contributed by atoms with Gasteiger partial charge in [-0.05, 0) is 6.92 Å². The van der Waals surface area contributed by atoms with Gasteiger partial charge in [0.25, 0.3) is 0 Å². The van der Waals surface area contributed by atoms with Crippen molar-refractivity contribution in [3.63, 3.8) is 0 Å². The molecule has 2 N–H and O–H groups in total. The maximum absolute atomic E-state index is 7.15. The summed E-state index contributed by atoms with van der Waals surface area (Å²) in [6, 6.07) is 0. The van der Waals surface area contributed by atoms with E-state index in [2.05, 4.69) is 10.2 Å². The first-order chi connectivity index (χ1) is 4.74. The molecular formula is C5H7N5. The van der Waals surface area contributed by atoms with Gasteiger partial charge in [0, 0.05) is 0 Å². The second-order valence-corrected chi connectivity index (χ2v) is 1.86. The first kappa shape index (κ1) is 6.60. The van der Waals surface area contributed by atoms with Crippen molar-refractivity contribution in [1.29, 1.82) is 10.9 Å². The Labute approximate surface area is 57.3 Å². The van der Waals surface area contributed by atoms with Crippen molar-refractivity contribution >= 4 is 0 Å². The third kappa shape index (κ3) is 1.07. The largest absolute Gasteiger partial charge is 0.281 e. The van der Waals surface area contributed by atoms with Gasteiger partial charge < -0.3 is 0 Å². The Bertz CT molecular complexity index is 299. The fraction of sp³-hybridized carbons (Fsp3) is 0.200.